The summed E-state index contributed by atoms with van der Waals surface area (Å²) < 4.78 is 5.48. The third-order valence-electron chi connectivity index (χ3n) is 5.57. The highest BCUT2D eigenvalue weighted by Gasteiger charge is 2.27. The van der Waals surface area contributed by atoms with Gasteiger partial charge in [-0.05, 0) is 29.0 Å². The van der Waals surface area contributed by atoms with E-state index in [1.807, 2.05) is 77.7 Å². The lowest BCUT2D eigenvalue weighted by Gasteiger charge is -2.34. The van der Waals surface area contributed by atoms with Crippen LogP contribution in [0, 0.1) is 0 Å². The minimum absolute atomic E-state index is 0.125. The summed E-state index contributed by atoms with van der Waals surface area (Å²) in [7, 11) is 0. The summed E-state index contributed by atoms with van der Waals surface area (Å²) in [6.45, 7) is 2.32. The molecule has 1 fully saturated rings. The maximum absolute atomic E-state index is 12.5. The molecule has 0 saturated carbocycles. The number of hydrogen-bond donors (Lipinski definition) is 1. The van der Waals surface area contributed by atoms with Crippen molar-refractivity contribution in [2.75, 3.05) is 31.5 Å². The monoisotopic (exact) mass is 426 g/mol. The fourth-order valence-corrected chi connectivity index (χ4v) is 3.88. The molecule has 32 heavy (non-hydrogen) atoms. The fraction of sp³-hybridized carbons (Fsp3) is 0.160. The Hall–Kier alpha value is -4.13. The van der Waals surface area contributed by atoms with Gasteiger partial charge in [-0.3, -0.25) is 0 Å². The van der Waals surface area contributed by atoms with E-state index in [-0.39, 0.29) is 11.7 Å². The van der Waals surface area contributed by atoms with Crippen LogP contribution in [0.2, 0.25) is 0 Å². The first-order valence-corrected chi connectivity index (χ1v) is 10.5. The van der Waals surface area contributed by atoms with Crippen molar-refractivity contribution in [2.24, 2.45) is 4.99 Å². The number of aliphatic imine (C=N–C) groups is 1. The van der Waals surface area contributed by atoms with Crippen LogP contribution in [0.5, 0.6) is 0 Å². The van der Waals surface area contributed by atoms with Gasteiger partial charge in [0.25, 0.3) is 0 Å². The average Bonchev–Trinajstić information content (AvgIpc) is 3.19. The normalized spacial score (nSPS) is 17.4. The Labute approximate surface area is 185 Å². The number of para-hydroxylation sites is 1. The molecule has 1 N–H and O–H groups in total. The lowest BCUT2D eigenvalue weighted by molar-refractivity contribution is -0.130. The van der Waals surface area contributed by atoms with Crippen LogP contribution in [0.15, 0.2) is 89.7 Å². The zero-order valence-corrected chi connectivity index (χ0v) is 17.4. The van der Waals surface area contributed by atoms with Gasteiger partial charge in [0.1, 0.15) is 0 Å². The Morgan fingerprint density at radius 1 is 0.906 bits per heavy atom. The summed E-state index contributed by atoms with van der Waals surface area (Å²) >= 11 is 0. The second-order valence-electron chi connectivity index (χ2n) is 7.67. The minimum Gasteiger partial charge on any atom is -0.402 e. The quantitative estimate of drug-likeness (QED) is 0.510. The number of nitrogens with zero attached hydrogens (tertiary/aromatic N) is 3. The highest BCUT2D eigenvalue weighted by Crippen LogP contribution is 2.24. The number of piperazine rings is 1. The van der Waals surface area contributed by atoms with E-state index in [2.05, 4.69) is 10.3 Å². The molecule has 7 nitrogen and oxygen atoms in total. The van der Waals surface area contributed by atoms with Crippen LogP contribution in [-0.4, -0.2) is 53.9 Å². The van der Waals surface area contributed by atoms with E-state index in [9.17, 15) is 9.59 Å². The molecule has 160 valence electrons. The molecule has 2 heterocycles. The first kappa shape index (κ1) is 19.8. The number of carbonyl (C=O) groups excluding carboxylic acids is 2. The van der Waals surface area contributed by atoms with E-state index in [0.717, 1.165) is 22.0 Å². The number of esters is 1. The van der Waals surface area contributed by atoms with E-state index in [1.165, 1.54) is 0 Å². The topological polar surface area (TPSA) is 74.2 Å². The molecule has 0 aliphatic carbocycles. The molecular weight excluding hydrogens is 404 g/mol. The number of urea groups is 1. The van der Waals surface area contributed by atoms with E-state index in [1.54, 1.807) is 11.1 Å². The largest absolute Gasteiger partial charge is 0.402 e. The lowest BCUT2D eigenvalue weighted by atomic mass is 10.0. The van der Waals surface area contributed by atoms with E-state index >= 15 is 0 Å². The Morgan fingerprint density at radius 3 is 2.44 bits per heavy atom. The predicted octanol–water partition coefficient (Wildman–Crippen LogP) is 3.83. The van der Waals surface area contributed by atoms with Crippen molar-refractivity contribution < 1.29 is 14.3 Å². The number of cyclic esters (lactones) is 1. The lowest BCUT2D eigenvalue weighted by Crippen LogP contribution is -2.48. The van der Waals surface area contributed by atoms with E-state index < -0.39 is 5.97 Å². The van der Waals surface area contributed by atoms with Gasteiger partial charge in [-0.1, -0.05) is 54.6 Å². The summed E-state index contributed by atoms with van der Waals surface area (Å²) in [5.74, 6) is -0.142. The van der Waals surface area contributed by atoms with Crippen LogP contribution >= 0.6 is 0 Å². The molecule has 0 spiro atoms. The van der Waals surface area contributed by atoms with Crippen molar-refractivity contribution >= 4 is 34.4 Å². The SMILES string of the molecule is O=C1OC(c2cccc3ccccc23)=N/C1=C\N1CCN(C(=O)Nc2ccccc2)CC1. The third-order valence-corrected chi connectivity index (χ3v) is 5.57. The van der Waals surface area contributed by atoms with Gasteiger partial charge in [0.2, 0.25) is 5.90 Å². The van der Waals surface area contributed by atoms with Gasteiger partial charge in [-0.25, -0.2) is 14.6 Å². The van der Waals surface area contributed by atoms with E-state index in [4.69, 9.17) is 4.74 Å². The Kier molecular flexibility index (Phi) is 5.29. The van der Waals surface area contributed by atoms with Crippen LogP contribution in [-0.2, 0) is 9.53 Å². The smallest absolute Gasteiger partial charge is 0.365 e. The molecule has 3 aromatic rings. The summed E-state index contributed by atoms with van der Waals surface area (Å²) in [6, 6.07) is 23.0. The number of rotatable bonds is 3. The molecule has 1 saturated heterocycles. The Balaban J connectivity index is 1.26. The highest BCUT2D eigenvalue weighted by atomic mass is 16.6. The molecule has 2 amide bonds. The van der Waals surface area contributed by atoms with Crippen LogP contribution in [0.25, 0.3) is 10.8 Å². The van der Waals surface area contributed by atoms with E-state index in [0.29, 0.717) is 32.1 Å². The average molecular weight is 426 g/mol. The number of anilines is 1. The second-order valence-corrected chi connectivity index (χ2v) is 7.67. The van der Waals surface area contributed by atoms with Crippen molar-refractivity contribution in [3.8, 4) is 0 Å². The highest BCUT2D eigenvalue weighted by molar-refractivity contribution is 6.16. The molecular formula is C25H22N4O3. The summed E-state index contributed by atoms with van der Waals surface area (Å²) in [4.78, 5) is 33.1. The number of carbonyl (C=O) groups is 2. The third kappa shape index (κ3) is 4.05. The first-order valence-electron chi connectivity index (χ1n) is 10.5. The van der Waals surface area contributed by atoms with Crippen LogP contribution < -0.4 is 5.32 Å². The Morgan fingerprint density at radius 2 is 1.62 bits per heavy atom. The molecule has 0 bridgehead atoms. The van der Waals surface area contributed by atoms with Crippen molar-refractivity contribution in [2.45, 2.75) is 0 Å². The molecule has 5 rings (SSSR count). The molecule has 0 radical (unpaired) electrons. The maximum Gasteiger partial charge on any atom is 0.365 e. The van der Waals surface area contributed by atoms with Crippen LogP contribution in [0.3, 0.4) is 0 Å². The number of benzene rings is 3. The first-order chi connectivity index (χ1) is 15.7. The van der Waals surface area contributed by atoms with Gasteiger partial charge in [-0.15, -0.1) is 0 Å². The summed E-state index contributed by atoms with van der Waals surface area (Å²) in [6.07, 6.45) is 1.73. The minimum atomic E-state index is -0.461. The molecule has 3 aromatic carbocycles. The number of hydrogen-bond acceptors (Lipinski definition) is 5. The number of nitrogens with one attached hydrogen (secondary N) is 1. The van der Waals surface area contributed by atoms with Gasteiger partial charge >= 0.3 is 12.0 Å². The summed E-state index contributed by atoms with van der Waals surface area (Å²) in [5, 5.41) is 4.95. The van der Waals surface area contributed by atoms with Crippen LogP contribution in [0.1, 0.15) is 5.56 Å². The zero-order chi connectivity index (χ0) is 21.9. The number of ether oxygens (including phenoxy) is 1. The van der Waals surface area contributed by atoms with Crippen molar-refractivity contribution in [3.63, 3.8) is 0 Å². The van der Waals surface area contributed by atoms with Crippen molar-refractivity contribution in [3.05, 3.63) is 90.3 Å². The number of amides is 2. The van der Waals surface area contributed by atoms with Gasteiger partial charge in [0.05, 0.1) is 0 Å². The maximum atomic E-state index is 12.5. The molecule has 0 unspecified atom stereocenters. The number of fused-ring (bicyclic) bond motifs is 1. The predicted molar refractivity (Wildman–Crippen MR) is 123 cm³/mol. The zero-order valence-electron chi connectivity index (χ0n) is 17.4. The second kappa shape index (κ2) is 8.55. The Bertz CT molecular complexity index is 1220. The molecule has 0 atom stereocenters. The molecule has 2 aliphatic rings. The standard InChI is InChI=1S/C25H22N4O3/c30-24-22(27-23(32-24)21-12-6-8-18-7-4-5-11-20(18)21)17-28-13-15-29(16-14-28)25(31)26-19-9-2-1-3-10-19/h1-12,17H,13-16H2,(H,26,31)/b22-17-. The fourth-order valence-electron chi connectivity index (χ4n) is 3.88. The molecule has 0 aromatic heterocycles. The summed E-state index contributed by atoms with van der Waals surface area (Å²) in [5.41, 5.74) is 1.84. The van der Waals surface area contributed by atoms with Crippen molar-refractivity contribution in [1.29, 1.82) is 0 Å². The van der Waals surface area contributed by atoms with Crippen LogP contribution in [0.4, 0.5) is 10.5 Å². The van der Waals surface area contributed by atoms with Gasteiger partial charge in [-0.2, -0.15) is 0 Å². The van der Waals surface area contributed by atoms with Crippen molar-refractivity contribution in [1.82, 2.24) is 9.80 Å². The molecule has 7 heteroatoms. The molecule has 2 aliphatic heterocycles. The van der Waals surface area contributed by atoms with Gasteiger partial charge in [0, 0.05) is 43.6 Å². The van der Waals surface area contributed by atoms with Gasteiger partial charge in [0.15, 0.2) is 5.70 Å². The van der Waals surface area contributed by atoms with Gasteiger partial charge < -0.3 is 19.9 Å².